The van der Waals surface area contributed by atoms with E-state index in [2.05, 4.69) is 10.0 Å². The number of hydrogen-bond acceptors (Lipinski definition) is 3. The van der Waals surface area contributed by atoms with E-state index in [0.717, 1.165) is 18.4 Å². The zero-order chi connectivity index (χ0) is 17.0. The van der Waals surface area contributed by atoms with Gasteiger partial charge in [0.25, 0.3) is 5.91 Å². The lowest BCUT2D eigenvalue weighted by molar-refractivity contribution is 0.0950. The van der Waals surface area contributed by atoms with Gasteiger partial charge < -0.3 is 5.32 Å². The highest BCUT2D eigenvalue weighted by molar-refractivity contribution is 7.92. The average molecular weight is 340 g/mol. The van der Waals surface area contributed by atoms with Crippen molar-refractivity contribution in [3.8, 4) is 0 Å². The van der Waals surface area contributed by atoms with E-state index < -0.39 is 27.6 Å². The fraction of sp³-hybridized carbons (Fsp3) is 0.133. The molecule has 2 aromatic rings. The molecular weight excluding hydrogens is 326 g/mol. The first-order valence-electron chi connectivity index (χ1n) is 6.54. The fourth-order valence-electron chi connectivity index (χ4n) is 1.88. The van der Waals surface area contributed by atoms with Gasteiger partial charge in [-0.15, -0.1) is 0 Å². The minimum Gasteiger partial charge on any atom is -0.348 e. The normalized spacial score (nSPS) is 11.1. The number of amides is 1. The summed E-state index contributed by atoms with van der Waals surface area (Å²) < 4.78 is 50.6. The van der Waals surface area contributed by atoms with Crippen LogP contribution in [0.3, 0.4) is 0 Å². The minimum absolute atomic E-state index is 0.00526. The van der Waals surface area contributed by atoms with Gasteiger partial charge in [0.2, 0.25) is 10.0 Å². The van der Waals surface area contributed by atoms with Crippen molar-refractivity contribution in [1.29, 1.82) is 0 Å². The van der Waals surface area contributed by atoms with Gasteiger partial charge in [-0.2, -0.15) is 0 Å². The van der Waals surface area contributed by atoms with Crippen LogP contribution in [0.5, 0.6) is 0 Å². The Kier molecular flexibility index (Phi) is 4.95. The summed E-state index contributed by atoms with van der Waals surface area (Å²) >= 11 is 0. The summed E-state index contributed by atoms with van der Waals surface area (Å²) in [5.41, 5.74) is 1.01. The van der Waals surface area contributed by atoms with Crippen molar-refractivity contribution in [3.63, 3.8) is 0 Å². The molecule has 0 atom stereocenters. The van der Waals surface area contributed by atoms with Gasteiger partial charge in [0.05, 0.1) is 6.26 Å². The Bertz CT molecular complexity index is 838. The summed E-state index contributed by atoms with van der Waals surface area (Å²) in [5.74, 6) is -2.69. The van der Waals surface area contributed by atoms with E-state index in [0.29, 0.717) is 11.3 Å². The lowest BCUT2D eigenvalue weighted by Gasteiger charge is -2.08. The molecule has 2 N–H and O–H groups in total. The summed E-state index contributed by atoms with van der Waals surface area (Å²) in [4.78, 5) is 11.9. The van der Waals surface area contributed by atoms with Crippen molar-refractivity contribution in [1.82, 2.24) is 5.32 Å². The summed E-state index contributed by atoms with van der Waals surface area (Å²) in [7, 11) is -3.39. The SMILES string of the molecule is CS(=O)(=O)Nc1cccc(CNC(=O)c2ccc(F)c(F)c2)c1. The predicted octanol–water partition coefficient (Wildman–Crippen LogP) is 2.27. The molecule has 122 valence electrons. The predicted molar refractivity (Wildman–Crippen MR) is 82.4 cm³/mol. The first-order valence-corrected chi connectivity index (χ1v) is 8.44. The van der Waals surface area contributed by atoms with Gasteiger partial charge in [-0.05, 0) is 35.9 Å². The standard InChI is InChI=1S/C15H14F2N2O3S/c1-23(21,22)19-12-4-2-3-10(7-12)9-18-15(20)11-5-6-13(16)14(17)8-11/h2-8,19H,9H2,1H3,(H,18,20). The van der Waals surface area contributed by atoms with Gasteiger partial charge >= 0.3 is 0 Å². The molecule has 2 rings (SSSR count). The lowest BCUT2D eigenvalue weighted by Crippen LogP contribution is -2.23. The van der Waals surface area contributed by atoms with Crippen molar-refractivity contribution in [3.05, 3.63) is 65.2 Å². The first kappa shape index (κ1) is 16.9. The van der Waals surface area contributed by atoms with Crippen molar-refractivity contribution >= 4 is 21.6 Å². The largest absolute Gasteiger partial charge is 0.348 e. The van der Waals surface area contributed by atoms with Crippen LogP contribution >= 0.6 is 0 Å². The highest BCUT2D eigenvalue weighted by atomic mass is 32.2. The Balaban J connectivity index is 2.04. The molecule has 0 bridgehead atoms. The minimum atomic E-state index is -3.39. The van der Waals surface area contributed by atoms with Crippen LogP contribution in [0.1, 0.15) is 15.9 Å². The summed E-state index contributed by atoms with van der Waals surface area (Å²) in [6, 6.07) is 9.32. The molecule has 0 saturated carbocycles. The Morgan fingerprint density at radius 2 is 1.83 bits per heavy atom. The van der Waals surface area contributed by atoms with E-state index in [4.69, 9.17) is 0 Å². The number of hydrogen-bond donors (Lipinski definition) is 2. The summed E-state index contributed by atoms with van der Waals surface area (Å²) in [5, 5.41) is 2.55. The van der Waals surface area contributed by atoms with Crippen LogP contribution in [-0.4, -0.2) is 20.6 Å². The maximum Gasteiger partial charge on any atom is 0.251 e. The maximum atomic E-state index is 13.1. The Hall–Kier alpha value is -2.48. The second kappa shape index (κ2) is 6.74. The van der Waals surface area contributed by atoms with Crippen LogP contribution in [0.4, 0.5) is 14.5 Å². The van der Waals surface area contributed by atoms with E-state index in [1.165, 1.54) is 6.07 Å². The number of sulfonamides is 1. The van der Waals surface area contributed by atoms with E-state index in [-0.39, 0.29) is 12.1 Å². The first-order chi connectivity index (χ1) is 10.7. The van der Waals surface area contributed by atoms with Gasteiger partial charge in [0, 0.05) is 17.8 Å². The third kappa shape index (κ3) is 5.03. The molecule has 0 radical (unpaired) electrons. The molecular formula is C15H14F2N2O3S. The second-order valence-corrected chi connectivity index (χ2v) is 6.63. The third-order valence-electron chi connectivity index (χ3n) is 2.87. The lowest BCUT2D eigenvalue weighted by atomic mass is 10.1. The molecule has 0 aliphatic rings. The van der Waals surface area contributed by atoms with E-state index in [1.807, 2.05) is 0 Å². The van der Waals surface area contributed by atoms with Crippen molar-refractivity contribution in [2.24, 2.45) is 0 Å². The van der Waals surface area contributed by atoms with Crippen molar-refractivity contribution in [2.45, 2.75) is 6.54 Å². The zero-order valence-corrected chi connectivity index (χ0v) is 13.0. The molecule has 5 nitrogen and oxygen atoms in total. The van der Waals surface area contributed by atoms with Gasteiger partial charge in [0.15, 0.2) is 11.6 Å². The number of benzene rings is 2. The van der Waals surface area contributed by atoms with Crippen LogP contribution in [0.2, 0.25) is 0 Å². The van der Waals surface area contributed by atoms with E-state index in [1.54, 1.807) is 24.3 Å². The van der Waals surface area contributed by atoms with E-state index >= 15 is 0 Å². The van der Waals surface area contributed by atoms with Crippen LogP contribution < -0.4 is 10.0 Å². The van der Waals surface area contributed by atoms with Gasteiger partial charge in [0.1, 0.15) is 0 Å². The molecule has 0 heterocycles. The number of carbonyl (C=O) groups excluding carboxylic acids is 1. The molecule has 0 aromatic heterocycles. The van der Waals surface area contributed by atoms with Gasteiger partial charge in [-0.1, -0.05) is 12.1 Å². The Labute approximate surface area is 132 Å². The van der Waals surface area contributed by atoms with Crippen LogP contribution in [0.15, 0.2) is 42.5 Å². The highest BCUT2D eigenvalue weighted by Gasteiger charge is 2.10. The molecule has 1 amide bonds. The monoisotopic (exact) mass is 340 g/mol. The molecule has 0 aliphatic heterocycles. The highest BCUT2D eigenvalue weighted by Crippen LogP contribution is 2.13. The van der Waals surface area contributed by atoms with Crippen LogP contribution in [0.25, 0.3) is 0 Å². The fourth-order valence-corrected chi connectivity index (χ4v) is 2.44. The molecule has 0 spiro atoms. The van der Waals surface area contributed by atoms with Crippen LogP contribution in [0, 0.1) is 11.6 Å². The number of anilines is 1. The zero-order valence-electron chi connectivity index (χ0n) is 12.1. The van der Waals surface area contributed by atoms with Crippen LogP contribution in [-0.2, 0) is 16.6 Å². The molecule has 0 fully saturated rings. The van der Waals surface area contributed by atoms with Gasteiger partial charge in [-0.3, -0.25) is 9.52 Å². The number of rotatable bonds is 5. The molecule has 0 aliphatic carbocycles. The molecule has 2 aromatic carbocycles. The summed E-state index contributed by atoms with van der Waals surface area (Å²) in [6.07, 6.45) is 1.03. The third-order valence-corrected chi connectivity index (χ3v) is 3.47. The second-order valence-electron chi connectivity index (χ2n) is 4.89. The molecule has 0 unspecified atom stereocenters. The van der Waals surface area contributed by atoms with E-state index in [9.17, 15) is 22.0 Å². The summed E-state index contributed by atoms with van der Waals surface area (Å²) in [6.45, 7) is 0.108. The topological polar surface area (TPSA) is 75.3 Å². The molecule has 0 saturated heterocycles. The van der Waals surface area contributed by atoms with Gasteiger partial charge in [-0.25, -0.2) is 17.2 Å². The molecule has 23 heavy (non-hydrogen) atoms. The number of carbonyl (C=O) groups is 1. The Morgan fingerprint density at radius 1 is 1.09 bits per heavy atom. The van der Waals surface area contributed by atoms with Crippen molar-refractivity contribution in [2.75, 3.05) is 11.0 Å². The molecule has 8 heteroatoms. The van der Waals surface area contributed by atoms with Crippen molar-refractivity contribution < 1.29 is 22.0 Å². The average Bonchev–Trinajstić information content (AvgIpc) is 2.46. The number of nitrogens with one attached hydrogen (secondary N) is 2. The Morgan fingerprint density at radius 3 is 2.48 bits per heavy atom. The quantitative estimate of drug-likeness (QED) is 0.877. The maximum absolute atomic E-state index is 13.1. The number of halogens is 2. The smallest absolute Gasteiger partial charge is 0.251 e.